The molecule has 0 N–H and O–H groups in total. The average Bonchev–Trinajstić information content (AvgIpc) is 2.17. The summed E-state index contributed by atoms with van der Waals surface area (Å²) < 4.78 is 13.2. The Hall–Kier alpha value is -0.890. The Bertz CT molecular complexity index is 421. The van der Waals surface area contributed by atoms with Crippen molar-refractivity contribution in [3.8, 4) is 0 Å². The van der Waals surface area contributed by atoms with Gasteiger partial charge < -0.3 is 0 Å². The van der Waals surface area contributed by atoms with Gasteiger partial charge in [0.2, 0.25) is 5.24 Å². The predicted molar refractivity (Wildman–Crippen MR) is 68.8 cm³/mol. The molecule has 1 aromatic carbocycles. The fourth-order valence-corrected chi connectivity index (χ4v) is 2.12. The summed E-state index contributed by atoms with van der Waals surface area (Å²) in [5.74, 6) is -0.217. The second kappa shape index (κ2) is 5.18. The molecule has 0 aliphatic carbocycles. The van der Waals surface area contributed by atoms with Crippen molar-refractivity contribution in [2.24, 2.45) is 5.41 Å². The van der Waals surface area contributed by atoms with Crippen LogP contribution in [0.3, 0.4) is 0 Å². The maximum absolute atomic E-state index is 13.2. The van der Waals surface area contributed by atoms with Crippen LogP contribution >= 0.6 is 11.6 Å². The molecule has 3 heteroatoms. The first-order valence-corrected chi connectivity index (χ1v) is 6.04. The highest BCUT2D eigenvalue weighted by Crippen LogP contribution is 2.38. The molecule has 0 saturated carbocycles. The van der Waals surface area contributed by atoms with Crippen LogP contribution in [-0.2, 0) is 4.79 Å². The Kier molecular flexibility index (Phi) is 4.31. The van der Waals surface area contributed by atoms with Gasteiger partial charge in [-0.3, -0.25) is 4.79 Å². The number of carbonyl (C=O) groups excluding carboxylic acids is 1. The van der Waals surface area contributed by atoms with Gasteiger partial charge in [0.05, 0.1) is 0 Å². The third kappa shape index (κ3) is 3.81. The summed E-state index contributed by atoms with van der Waals surface area (Å²) in [6.07, 6.45) is 0.274. The topological polar surface area (TPSA) is 17.1 Å². The molecule has 0 radical (unpaired) electrons. The van der Waals surface area contributed by atoms with Gasteiger partial charge in [0.15, 0.2) is 0 Å². The molecule has 1 nitrogen and oxygen atoms in total. The van der Waals surface area contributed by atoms with Crippen LogP contribution < -0.4 is 0 Å². The molecule has 0 amide bonds. The van der Waals surface area contributed by atoms with E-state index in [2.05, 4.69) is 20.8 Å². The number of benzene rings is 1. The molecule has 1 rings (SSSR count). The van der Waals surface area contributed by atoms with Gasteiger partial charge in [0.1, 0.15) is 5.82 Å². The van der Waals surface area contributed by atoms with Gasteiger partial charge in [-0.1, -0.05) is 32.9 Å². The monoisotopic (exact) mass is 256 g/mol. The lowest BCUT2D eigenvalue weighted by Crippen LogP contribution is -2.20. The molecule has 17 heavy (non-hydrogen) atoms. The maximum Gasteiger partial charge on any atom is 0.222 e. The van der Waals surface area contributed by atoms with Crippen LogP contribution in [0.1, 0.15) is 44.2 Å². The Morgan fingerprint density at radius 1 is 1.41 bits per heavy atom. The second-order valence-electron chi connectivity index (χ2n) is 5.49. The Morgan fingerprint density at radius 2 is 2.00 bits per heavy atom. The van der Waals surface area contributed by atoms with E-state index >= 15 is 0 Å². The lowest BCUT2D eigenvalue weighted by atomic mass is 9.74. The first kappa shape index (κ1) is 14.2. The maximum atomic E-state index is 13.2. The lowest BCUT2D eigenvalue weighted by Gasteiger charge is -2.30. The van der Waals surface area contributed by atoms with Crippen molar-refractivity contribution in [2.75, 3.05) is 0 Å². The molecule has 0 aliphatic rings. The van der Waals surface area contributed by atoms with Crippen LogP contribution in [0.5, 0.6) is 0 Å². The molecule has 0 spiro atoms. The number of hydrogen-bond acceptors (Lipinski definition) is 1. The van der Waals surface area contributed by atoms with Crippen molar-refractivity contribution in [3.63, 3.8) is 0 Å². The van der Waals surface area contributed by atoms with Gasteiger partial charge in [-0.05, 0) is 47.1 Å². The molecule has 0 aliphatic heterocycles. The first-order chi connectivity index (χ1) is 7.71. The van der Waals surface area contributed by atoms with Crippen LogP contribution in [0.4, 0.5) is 4.39 Å². The average molecular weight is 257 g/mol. The zero-order valence-corrected chi connectivity index (χ0v) is 11.4. The third-order valence-corrected chi connectivity index (χ3v) is 3.15. The van der Waals surface area contributed by atoms with E-state index in [-0.39, 0.29) is 28.8 Å². The molecule has 0 aromatic heterocycles. The Morgan fingerprint density at radius 3 is 2.41 bits per heavy atom. The molecule has 1 unspecified atom stereocenters. The summed E-state index contributed by atoms with van der Waals surface area (Å²) in [4.78, 5) is 11.1. The Balaban J connectivity index is 3.13. The van der Waals surface area contributed by atoms with Crippen molar-refractivity contribution < 1.29 is 9.18 Å². The van der Waals surface area contributed by atoms with Crippen LogP contribution in [0.25, 0.3) is 0 Å². The zero-order valence-electron chi connectivity index (χ0n) is 10.7. The SMILES string of the molecule is Cc1cc(C(CC(=O)Cl)C(C)(C)C)ccc1F. The van der Waals surface area contributed by atoms with Crippen molar-refractivity contribution in [3.05, 3.63) is 35.1 Å². The molecule has 1 atom stereocenters. The van der Waals surface area contributed by atoms with E-state index in [0.717, 1.165) is 5.56 Å². The third-order valence-electron chi connectivity index (χ3n) is 2.99. The molecule has 0 fully saturated rings. The van der Waals surface area contributed by atoms with E-state index in [1.165, 1.54) is 6.07 Å². The number of halogens is 2. The van der Waals surface area contributed by atoms with Gasteiger partial charge in [-0.25, -0.2) is 4.39 Å². The number of hydrogen-bond donors (Lipinski definition) is 0. The van der Waals surface area contributed by atoms with Crippen LogP contribution in [0.2, 0.25) is 0 Å². The first-order valence-electron chi connectivity index (χ1n) is 5.66. The van der Waals surface area contributed by atoms with Crippen molar-refractivity contribution in [2.45, 2.75) is 40.0 Å². The minimum atomic E-state index is -0.355. The highest BCUT2D eigenvalue weighted by molar-refractivity contribution is 6.63. The highest BCUT2D eigenvalue weighted by Gasteiger charge is 2.28. The number of aryl methyl sites for hydroxylation is 1. The van der Waals surface area contributed by atoms with E-state index in [4.69, 9.17) is 11.6 Å². The minimum absolute atomic E-state index is 0.00630. The molecular formula is C14H18ClFO. The largest absolute Gasteiger partial charge is 0.281 e. The standard InChI is InChI=1S/C14H18ClFO/c1-9-7-10(5-6-12(9)16)11(8-13(15)17)14(2,3)4/h5-7,11H,8H2,1-4H3. The van der Waals surface area contributed by atoms with Crippen LogP contribution in [-0.4, -0.2) is 5.24 Å². The molecule has 0 bridgehead atoms. The second-order valence-corrected chi connectivity index (χ2v) is 5.91. The van der Waals surface area contributed by atoms with Crippen molar-refractivity contribution >= 4 is 16.8 Å². The summed E-state index contributed by atoms with van der Waals surface area (Å²) in [5, 5.41) is -0.355. The molecule has 0 saturated heterocycles. The van der Waals surface area contributed by atoms with Crippen LogP contribution in [0, 0.1) is 18.2 Å². The van der Waals surface area contributed by atoms with E-state index in [1.807, 2.05) is 0 Å². The van der Waals surface area contributed by atoms with E-state index < -0.39 is 0 Å². The number of carbonyl (C=O) groups is 1. The van der Waals surface area contributed by atoms with E-state index in [0.29, 0.717) is 5.56 Å². The fraction of sp³-hybridized carbons (Fsp3) is 0.500. The smallest absolute Gasteiger partial charge is 0.222 e. The Labute approximate surface area is 107 Å². The fourth-order valence-electron chi connectivity index (χ4n) is 1.97. The molecule has 0 heterocycles. The normalized spacial score (nSPS) is 13.5. The van der Waals surface area contributed by atoms with Crippen LogP contribution in [0.15, 0.2) is 18.2 Å². The lowest BCUT2D eigenvalue weighted by molar-refractivity contribution is -0.112. The van der Waals surface area contributed by atoms with Crippen molar-refractivity contribution in [1.82, 2.24) is 0 Å². The zero-order chi connectivity index (χ0) is 13.2. The summed E-state index contributed by atoms with van der Waals surface area (Å²) >= 11 is 5.49. The summed E-state index contributed by atoms with van der Waals surface area (Å²) in [7, 11) is 0. The summed E-state index contributed by atoms with van der Waals surface area (Å²) in [5.41, 5.74) is 1.47. The quantitative estimate of drug-likeness (QED) is 0.732. The van der Waals surface area contributed by atoms with Gasteiger partial charge >= 0.3 is 0 Å². The number of rotatable bonds is 3. The minimum Gasteiger partial charge on any atom is -0.281 e. The van der Waals surface area contributed by atoms with Gasteiger partial charge in [0.25, 0.3) is 0 Å². The van der Waals surface area contributed by atoms with Gasteiger partial charge in [-0.2, -0.15) is 0 Å². The van der Waals surface area contributed by atoms with Gasteiger partial charge in [-0.15, -0.1) is 0 Å². The molecule has 1 aromatic rings. The summed E-state index contributed by atoms with van der Waals surface area (Å²) in [6.45, 7) is 7.88. The van der Waals surface area contributed by atoms with E-state index in [9.17, 15) is 9.18 Å². The molecular weight excluding hydrogens is 239 g/mol. The van der Waals surface area contributed by atoms with E-state index in [1.54, 1.807) is 19.1 Å². The predicted octanol–water partition coefficient (Wildman–Crippen LogP) is 4.42. The van der Waals surface area contributed by atoms with Gasteiger partial charge in [0, 0.05) is 6.42 Å². The molecule has 94 valence electrons. The highest BCUT2D eigenvalue weighted by atomic mass is 35.5. The summed E-state index contributed by atoms with van der Waals surface area (Å²) in [6, 6.07) is 4.98. The van der Waals surface area contributed by atoms with Crippen molar-refractivity contribution in [1.29, 1.82) is 0 Å².